The molecule has 0 aromatic heterocycles. The zero-order valence-corrected chi connectivity index (χ0v) is 11.5. The number of hydrogen-bond donors (Lipinski definition) is 2. The zero-order chi connectivity index (χ0) is 12.6. The number of nitrogens with one attached hydrogen (secondary N) is 1. The van der Waals surface area contributed by atoms with Gasteiger partial charge in [-0.3, -0.25) is 4.79 Å². The molecular formula is C13H22N2OS. The summed E-state index contributed by atoms with van der Waals surface area (Å²) in [6.07, 6.45) is 5.38. The van der Waals surface area contributed by atoms with Crippen molar-refractivity contribution < 1.29 is 4.79 Å². The number of rotatable bonds is 4. The highest BCUT2D eigenvalue weighted by molar-refractivity contribution is 7.80. The number of amides is 1. The average Bonchev–Trinajstić information content (AvgIpc) is 2.08. The molecule has 2 fully saturated rings. The number of carbonyl (C=O) groups is 1. The Morgan fingerprint density at radius 2 is 2.06 bits per heavy atom. The molecule has 0 spiro atoms. The van der Waals surface area contributed by atoms with Crippen molar-refractivity contribution in [1.29, 1.82) is 0 Å². The summed E-state index contributed by atoms with van der Waals surface area (Å²) in [5.74, 6) is 1.27. The molecule has 2 aliphatic carbocycles. The third kappa shape index (κ3) is 2.19. The lowest BCUT2D eigenvalue weighted by molar-refractivity contribution is -0.134. The maximum absolute atomic E-state index is 12.3. The fourth-order valence-electron chi connectivity index (χ4n) is 3.03. The molecule has 2 aliphatic rings. The largest absolute Gasteiger partial charge is 0.392 e. The van der Waals surface area contributed by atoms with E-state index in [0.29, 0.717) is 16.8 Å². The second-order valence-electron chi connectivity index (χ2n) is 5.91. The Bertz CT molecular complexity index is 332. The van der Waals surface area contributed by atoms with E-state index in [2.05, 4.69) is 19.2 Å². The van der Waals surface area contributed by atoms with Crippen molar-refractivity contribution in [2.75, 3.05) is 0 Å². The smallest absolute Gasteiger partial charge is 0.233 e. The van der Waals surface area contributed by atoms with Gasteiger partial charge in [0.25, 0.3) is 0 Å². The van der Waals surface area contributed by atoms with Crippen LogP contribution in [0.4, 0.5) is 0 Å². The Kier molecular flexibility index (Phi) is 3.43. The summed E-state index contributed by atoms with van der Waals surface area (Å²) in [5, 5.41) is 3.12. The first-order chi connectivity index (χ1) is 7.95. The van der Waals surface area contributed by atoms with Gasteiger partial charge in [-0.05, 0) is 44.4 Å². The molecule has 0 aromatic carbocycles. The number of hydrogen-bond acceptors (Lipinski definition) is 2. The highest BCUT2D eigenvalue weighted by Gasteiger charge is 2.51. The summed E-state index contributed by atoms with van der Waals surface area (Å²) >= 11 is 5.09. The molecule has 0 radical (unpaired) electrons. The first kappa shape index (κ1) is 12.8. The van der Waals surface area contributed by atoms with Gasteiger partial charge in [-0.2, -0.15) is 0 Å². The highest BCUT2D eigenvalue weighted by atomic mass is 32.1. The van der Waals surface area contributed by atoms with Gasteiger partial charge in [-0.15, -0.1) is 0 Å². The van der Waals surface area contributed by atoms with Crippen LogP contribution in [0.25, 0.3) is 0 Å². The quantitative estimate of drug-likeness (QED) is 0.754. The van der Waals surface area contributed by atoms with Crippen molar-refractivity contribution >= 4 is 23.1 Å². The van der Waals surface area contributed by atoms with E-state index in [1.54, 1.807) is 0 Å². The van der Waals surface area contributed by atoms with Crippen molar-refractivity contribution in [3.05, 3.63) is 0 Å². The Labute approximate surface area is 109 Å². The van der Waals surface area contributed by atoms with Gasteiger partial charge < -0.3 is 11.1 Å². The molecule has 2 rings (SSSR count). The van der Waals surface area contributed by atoms with Gasteiger partial charge in [0.1, 0.15) is 0 Å². The third-order valence-electron chi connectivity index (χ3n) is 4.52. The van der Waals surface area contributed by atoms with Crippen LogP contribution in [0.5, 0.6) is 0 Å². The lowest BCUT2D eigenvalue weighted by atomic mass is 9.61. The van der Waals surface area contributed by atoms with Gasteiger partial charge in [0, 0.05) is 6.04 Å². The van der Waals surface area contributed by atoms with E-state index in [1.165, 1.54) is 19.3 Å². The molecule has 0 saturated heterocycles. The number of nitrogens with two attached hydrogens (primary N) is 1. The highest BCUT2D eigenvalue weighted by Crippen LogP contribution is 2.46. The van der Waals surface area contributed by atoms with Crippen LogP contribution in [0.15, 0.2) is 0 Å². The van der Waals surface area contributed by atoms with Crippen LogP contribution in [-0.4, -0.2) is 16.9 Å². The molecule has 0 heterocycles. The fourth-order valence-corrected chi connectivity index (χ4v) is 3.29. The molecule has 17 heavy (non-hydrogen) atoms. The van der Waals surface area contributed by atoms with Crippen LogP contribution in [-0.2, 0) is 4.79 Å². The predicted molar refractivity (Wildman–Crippen MR) is 72.6 cm³/mol. The van der Waals surface area contributed by atoms with E-state index in [9.17, 15) is 4.79 Å². The Hall–Kier alpha value is -0.640. The van der Waals surface area contributed by atoms with E-state index in [4.69, 9.17) is 18.0 Å². The topological polar surface area (TPSA) is 55.1 Å². The summed E-state index contributed by atoms with van der Waals surface area (Å²) in [7, 11) is 0. The summed E-state index contributed by atoms with van der Waals surface area (Å²) in [6.45, 7) is 4.23. The Balaban J connectivity index is 1.95. The lowest BCUT2D eigenvalue weighted by Crippen LogP contribution is -2.58. The van der Waals surface area contributed by atoms with Gasteiger partial charge in [-0.25, -0.2) is 0 Å². The molecule has 0 aromatic rings. The monoisotopic (exact) mass is 254 g/mol. The number of thiocarbonyl (C=S) groups is 1. The first-order valence-corrected chi connectivity index (χ1v) is 6.97. The molecule has 3 nitrogen and oxygen atoms in total. The van der Waals surface area contributed by atoms with Crippen molar-refractivity contribution in [3.8, 4) is 0 Å². The minimum atomic E-state index is -0.549. The van der Waals surface area contributed by atoms with E-state index in [1.807, 2.05) is 0 Å². The van der Waals surface area contributed by atoms with E-state index in [0.717, 1.165) is 12.8 Å². The van der Waals surface area contributed by atoms with Gasteiger partial charge in [0.05, 0.1) is 10.4 Å². The van der Waals surface area contributed by atoms with Crippen LogP contribution in [0.1, 0.15) is 46.0 Å². The lowest BCUT2D eigenvalue weighted by Gasteiger charge is -2.45. The van der Waals surface area contributed by atoms with Crippen molar-refractivity contribution in [2.24, 2.45) is 23.0 Å². The van der Waals surface area contributed by atoms with E-state index >= 15 is 0 Å². The maximum Gasteiger partial charge on any atom is 0.233 e. The summed E-state index contributed by atoms with van der Waals surface area (Å²) in [6, 6.07) is 0.262. The summed E-state index contributed by atoms with van der Waals surface area (Å²) < 4.78 is 0. The van der Waals surface area contributed by atoms with Gasteiger partial charge in [-0.1, -0.05) is 25.6 Å². The van der Waals surface area contributed by atoms with E-state index < -0.39 is 5.41 Å². The van der Waals surface area contributed by atoms with E-state index in [-0.39, 0.29) is 11.9 Å². The molecule has 0 aliphatic heterocycles. The maximum atomic E-state index is 12.3. The second kappa shape index (κ2) is 4.56. The minimum absolute atomic E-state index is 0.0579. The fraction of sp³-hybridized carbons (Fsp3) is 0.846. The van der Waals surface area contributed by atoms with Crippen molar-refractivity contribution in [1.82, 2.24) is 5.32 Å². The zero-order valence-electron chi connectivity index (χ0n) is 10.7. The molecule has 4 heteroatoms. The Morgan fingerprint density at radius 3 is 2.41 bits per heavy atom. The standard InChI is InChI=1S/C13H22N2OS/c1-8-6-13(7-8,11(14)17)12(16)15-9(2)10-4-3-5-10/h8-10H,3-7H2,1-2H3,(H2,14,17)(H,15,16). The van der Waals surface area contributed by atoms with Crippen LogP contribution in [0, 0.1) is 17.3 Å². The molecule has 0 bridgehead atoms. The van der Waals surface area contributed by atoms with Crippen molar-refractivity contribution in [2.45, 2.75) is 52.0 Å². The molecule has 2 saturated carbocycles. The summed E-state index contributed by atoms with van der Waals surface area (Å²) in [5.41, 5.74) is 5.22. The minimum Gasteiger partial charge on any atom is -0.392 e. The average molecular weight is 254 g/mol. The normalized spacial score (nSPS) is 34.4. The number of carbonyl (C=O) groups excluding carboxylic acids is 1. The Morgan fingerprint density at radius 1 is 1.47 bits per heavy atom. The predicted octanol–water partition coefficient (Wildman–Crippen LogP) is 1.99. The summed E-state index contributed by atoms with van der Waals surface area (Å²) in [4.78, 5) is 12.7. The van der Waals surface area contributed by atoms with Gasteiger partial charge >= 0.3 is 0 Å². The molecule has 1 unspecified atom stereocenters. The van der Waals surface area contributed by atoms with Crippen LogP contribution in [0.2, 0.25) is 0 Å². The van der Waals surface area contributed by atoms with Crippen LogP contribution >= 0.6 is 12.2 Å². The van der Waals surface area contributed by atoms with Crippen molar-refractivity contribution in [3.63, 3.8) is 0 Å². The second-order valence-corrected chi connectivity index (χ2v) is 6.35. The molecule has 1 amide bonds. The van der Waals surface area contributed by atoms with Gasteiger partial charge in [0.15, 0.2) is 0 Å². The molecular weight excluding hydrogens is 232 g/mol. The SMILES string of the molecule is CC1CC(C(=O)NC(C)C2CCC2)(C(N)=S)C1. The molecule has 3 N–H and O–H groups in total. The van der Waals surface area contributed by atoms with Crippen LogP contribution < -0.4 is 11.1 Å². The third-order valence-corrected chi connectivity index (χ3v) is 4.91. The molecule has 1 atom stereocenters. The van der Waals surface area contributed by atoms with Crippen LogP contribution in [0.3, 0.4) is 0 Å². The molecule has 96 valence electrons. The van der Waals surface area contributed by atoms with Gasteiger partial charge in [0.2, 0.25) is 5.91 Å². The first-order valence-electron chi connectivity index (χ1n) is 6.56.